The van der Waals surface area contributed by atoms with E-state index in [9.17, 15) is 9.18 Å². The Kier molecular flexibility index (Phi) is 5.34. The number of hydrogen-bond acceptors (Lipinski definition) is 3. The molecule has 1 amide bonds. The molecule has 3 nitrogen and oxygen atoms in total. The number of methoxy groups -OCH3 is 1. The van der Waals surface area contributed by atoms with Gasteiger partial charge >= 0.3 is 0 Å². The van der Waals surface area contributed by atoms with Crippen LogP contribution in [0, 0.1) is 5.82 Å². The van der Waals surface area contributed by atoms with Crippen molar-refractivity contribution >= 4 is 38.9 Å². The van der Waals surface area contributed by atoms with Gasteiger partial charge < -0.3 is 10.1 Å². The van der Waals surface area contributed by atoms with Crippen LogP contribution < -0.4 is 5.32 Å². The summed E-state index contributed by atoms with van der Waals surface area (Å²) < 4.78 is 18.9. The number of nitrogens with one attached hydrogen (secondary N) is 1. The van der Waals surface area contributed by atoms with Crippen LogP contribution in [0.25, 0.3) is 10.1 Å². The molecule has 0 radical (unpaired) electrons. The molecule has 6 heteroatoms. The number of hydrogen-bond donors (Lipinski definition) is 1. The summed E-state index contributed by atoms with van der Waals surface area (Å²) in [6, 6.07) is 6.13. The van der Waals surface area contributed by atoms with E-state index in [2.05, 4.69) is 5.32 Å². The maximum absolute atomic E-state index is 13.1. The normalized spacial score (nSPS) is 12.6. The molecule has 0 aliphatic rings. The van der Waals surface area contributed by atoms with Gasteiger partial charge in [0.2, 0.25) is 0 Å². The van der Waals surface area contributed by atoms with Gasteiger partial charge in [0.05, 0.1) is 17.5 Å². The third kappa shape index (κ3) is 3.69. The first-order valence-corrected chi connectivity index (χ1v) is 7.54. The second-order valence-electron chi connectivity index (χ2n) is 4.40. The molecule has 0 aliphatic carbocycles. The average molecular weight is 316 g/mol. The molecule has 1 atom stereocenters. The summed E-state index contributed by atoms with van der Waals surface area (Å²) in [4.78, 5) is 12.7. The maximum atomic E-state index is 13.1. The van der Waals surface area contributed by atoms with Crippen LogP contribution in [0.3, 0.4) is 0 Å². The predicted octanol–water partition coefficient (Wildman–Crippen LogP) is 3.41. The molecule has 1 aromatic heterocycles. The first kappa shape index (κ1) is 15.2. The van der Waals surface area contributed by atoms with Gasteiger partial charge in [-0.25, -0.2) is 4.39 Å². The Hall–Kier alpha value is -1.17. The van der Waals surface area contributed by atoms with Gasteiger partial charge in [0.1, 0.15) is 5.82 Å². The number of halogens is 2. The van der Waals surface area contributed by atoms with Gasteiger partial charge in [-0.1, -0.05) is 6.07 Å². The van der Waals surface area contributed by atoms with Crippen molar-refractivity contribution in [1.82, 2.24) is 5.32 Å². The number of ether oxygens (including phenoxy) is 1. The third-order valence-electron chi connectivity index (χ3n) is 2.87. The molecule has 20 heavy (non-hydrogen) atoms. The van der Waals surface area contributed by atoms with Gasteiger partial charge in [0.15, 0.2) is 0 Å². The van der Waals surface area contributed by atoms with Crippen LogP contribution in [0.1, 0.15) is 16.1 Å². The van der Waals surface area contributed by atoms with Crippen molar-refractivity contribution in [2.24, 2.45) is 0 Å². The molecule has 0 saturated carbocycles. The largest absolute Gasteiger partial charge is 0.383 e. The lowest BCUT2D eigenvalue weighted by Crippen LogP contribution is -2.38. The van der Waals surface area contributed by atoms with E-state index in [1.165, 1.54) is 23.5 Å². The second kappa shape index (κ2) is 7.02. The molecule has 2 rings (SSSR count). The Bertz CT molecular complexity index is 596. The minimum absolute atomic E-state index is 0.119. The van der Waals surface area contributed by atoms with Crippen molar-refractivity contribution in [3.05, 3.63) is 35.0 Å². The highest BCUT2D eigenvalue weighted by Gasteiger charge is 2.15. The van der Waals surface area contributed by atoms with Crippen LogP contribution >= 0.6 is 22.9 Å². The summed E-state index contributed by atoms with van der Waals surface area (Å²) in [7, 11) is 1.58. The number of thiophene rings is 1. The first-order chi connectivity index (χ1) is 9.63. The Balaban J connectivity index is 2.13. The van der Waals surface area contributed by atoms with Crippen molar-refractivity contribution in [3.8, 4) is 0 Å². The molecule has 0 spiro atoms. The summed E-state index contributed by atoms with van der Waals surface area (Å²) >= 11 is 6.97. The quantitative estimate of drug-likeness (QED) is 0.830. The maximum Gasteiger partial charge on any atom is 0.261 e. The van der Waals surface area contributed by atoms with Crippen LogP contribution in [-0.4, -0.2) is 31.5 Å². The van der Waals surface area contributed by atoms with E-state index in [-0.39, 0.29) is 17.8 Å². The van der Waals surface area contributed by atoms with E-state index in [1.807, 2.05) is 0 Å². The molecule has 1 aromatic carbocycles. The Labute approximate surface area is 125 Å². The van der Waals surface area contributed by atoms with Gasteiger partial charge in [-0.3, -0.25) is 4.79 Å². The number of alkyl halides is 1. The number of carbonyl (C=O) groups is 1. The first-order valence-electron chi connectivity index (χ1n) is 6.19. The summed E-state index contributed by atoms with van der Waals surface area (Å²) in [5.41, 5.74) is 0. The minimum atomic E-state index is -0.300. The zero-order valence-electron chi connectivity index (χ0n) is 11.0. The van der Waals surface area contributed by atoms with E-state index in [0.29, 0.717) is 23.8 Å². The number of carbonyl (C=O) groups excluding carboxylic acids is 1. The van der Waals surface area contributed by atoms with Crippen LogP contribution in [-0.2, 0) is 4.74 Å². The summed E-state index contributed by atoms with van der Waals surface area (Å²) in [5.74, 6) is -0.0316. The van der Waals surface area contributed by atoms with Gasteiger partial charge in [-0.15, -0.1) is 22.9 Å². The summed E-state index contributed by atoms with van der Waals surface area (Å²) in [5, 5.41) is 3.74. The molecule has 0 fully saturated rings. The SMILES string of the molecule is COCC(CCCl)NC(=O)c1cc2ccc(F)cc2s1. The van der Waals surface area contributed by atoms with Crippen LogP contribution in [0.2, 0.25) is 0 Å². The zero-order valence-corrected chi connectivity index (χ0v) is 12.6. The van der Waals surface area contributed by atoms with E-state index in [0.717, 1.165) is 10.1 Å². The number of fused-ring (bicyclic) bond motifs is 1. The van der Waals surface area contributed by atoms with Crippen LogP contribution in [0.15, 0.2) is 24.3 Å². The van der Waals surface area contributed by atoms with Crippen molar-refractivity contribution in [1.29, 1.82) is 0 Å². The Morgan fingerprint density at radius 2 is 2.30 bits per heavy atom. The highest BCUT2D eigenvalue weighted by molar-refractivity contribution is 7.20. The van der Waals surface area contributed by atoms with E-state index in [4.69, 9.17) is 16.3 Å². The smallest absolute Gasteiger partial charge is 0.261 e. The van der Waals surface area contributed by atoms with Crippen LogP contribution in [0.4, 0.5) is 4.39 Å². The molecule has 2 aromatic rings. The zero-order chi connectivity index (χ0) is 14.5. The molecular weight excluding hydrogens is 301 g/mol. The molecule has 108 valence electrons. The molecule has 1 heterocycles. The van der Waals surface area contributed by atoms with Gasteiger partial charge in [-0.05, 0) is 30.0 Å². The fourth-order valence-electron chi connectivity index (χ4n) is 1.90. The second-order valence-corrected chi connectivity index (χ2v) is 5.86. The third-order valence-corrected chi connectivity index (χ3v) is 4.18. The topological polar surface area (TPSA) is 38.3 Å². The monoisotopic (exact) mass is 315 g/mol. The lowest BCUT2D eigenvalue weighted by molar-refractivity contribution is 0.0899. The number of rotatable bonds is 6. The van der Waals surface area contributed by atoms with Crippen LogP contribution in [0.5, 0.6) is 0 Å². The summed E-state index contributed by atoms with van der Waals surface area (Å²) in [6.45, 7) is 0.415. The minimum Gasteiger partial charge on any atom is -0.383 e. The van der Waals surface area contributed by atoms with E-state index >= 15 is 0 Å². The standard InChI is InChI=1S/C14H15ClFNO2S/c1-19-8-11(4-5-15)17-14(18)13-6-9-2-3-10(16)7-12(9)20-13/h2-3,6-7,11H,4-5,8H2,1H3,(H,17,18). The van der Waals surface area contributed by atoms with E-state index < -0.39 is 0 Å². The summed E-state index contributed by atoms with van der Waals surface area (Å²) in [6.07, 6.45) is 0.640. The van der Waals surface area contributed by atoms with Crippen molar-refractivity contribution in [2.45, 2.75) is 12.5 Å². The predicted molar refractivity (Wildman–Crippen MR) is 80.3 cm³/mol. The number of benzene rings is 1. The van der Waals surface area contributed by atoms with Crippen molar-refractivity contribution in [2.75, 3.05) is 19.6 Å². The molecule has 0 saturated heterocycles. The molecule has 1 N–H and O–H groups in total. The Morgan fingerprint density at radius 1 is 1.50 bits per heavy atom. The molecule has 1 unspecified atom stereocenters. The van der Waals surface area contributed by atoms with Crippen molar-refractivity contribution in [3.63, 3.8) is 0 Å². The molecule has 0 bridgehead atoms. The lowest BCUT2D eigenvalue weighted by Gasteiger charge is -2.15. The van der Waals surface area contributed by atoms with Gasteiger partial charge in [0.25, 0.3) is 5.91 Å². The Morgan fingerprint density at radius 3 is 3.00 bits per heavy atom. The fraction of sp³-hybridized carbons (Fsp3) is 0.357. The van der Waals surface area contributed by atoms with Gasteiger partial charge in [-0.2, -0.15) is 0 Å². The lowest BCUT2D eigenvalue weighted by atomic mass is 10.2. The highest BCUT2D eigenvalue weighted by atomic mass is 35.5. The highest BCUT2D eigenvalue weighted by Crippen LogP contribution is 2.26. The molecule has 0 aliphatic heterocycles. The number of amides is 1. The van der Waals surface area contributed by atoms with Crippen molar-refractivity contribution < 1.29 is 13.9 Å². The molecular formula is C14H15ClFNO2S. The fourth-order valence-corrected chi connectivity index (χ4v) is 3.16. The average Bonchev–Trinajstić information content (AvgIpc) is 2.82. The van der Waals surface area contributed by atoms with Gasteiger partial charge in [0, 0.05) is 17.7 Å². The van der Waals surface area contributed by atoms with E-state index in [1.54, 1.807) is 19.2 Å².